The molecule has 0 fully saturated rings. The average molecular weight is 270 g/mol. The first-order valence-electron chi connectivity index (χ1n) is 5.95. The van der Waals surface area contributed by atoms with Crippen LogP contribution in [0.5, 0.6) is 0 Å². The van der Waals surface area contributed by atoms with Gasteiger partial charge < -0.3 is 10.4 Å². The maximum Gasteiger partial charge on any atom is 0.255 e. The zero-order valence-corrected chi connectivity index (χ0v) is 10.9. The summed E-state index contributed by atoms with van der Waals surface area (Å²) in [5, 5.41) is 16.7. The van der Waals surface area contributed by atoms with E-state index >= 15 is 0 Å². The number of anilines is 1. The van der Waals surface area contributed by atoms with E-state index in [1.54, 1.807) is 10.6 Å². The van der Waals surface area contributed by atoms with Crippen molar-refractivity contribution in [1.82, 2.24) is 19.6 Å². The van der Waals surface area contributed by atoms with E-state index in [0.29, 0.717) is 16.8 Å². The summed E-state index contributed by atoms with van der Waals surface area (Å²) in [5.74, 6) is 1.65. The third kappa shape index (κ3) is 2.88. The van der Waals surface area contributed by atoms with Crippen LogP contribution in [0.15, 0.2) is 12.4 Å². The van der Waals surface area contributed by atoms with Gasteiger partial charge in [-0.05, 0) is 12.3 Å². The van der Waals surface area contributed by atoms with Crippen LogP contribution in [0, 0.1) is 5.92 Å². The molecule has 2 aromatic rings. The molecule has 0 amide bonds. The van der Waals surface area contributed by atoms with Crippen LogP contribution in [-0.4, -0.2) is 37.8 Å². The van der Waals surface area contributed by atoms with E-state index in [9.17, 15) is 0 Å². The Kier molecular flexibility index (Phi) is 4.33. The zero-order chi connectivity index (χ0) is 13.0. The molecule has 7 heteroatoms. The number of hydrogen-bond donors (Lipinski definition) is 2. The molecule has 0 saturated carbocycles. The minimum absolute atomic E-state index is 0.204. The molecule has 0 aliphatic heterocycles. The van der Waals surface area contributed by atoms with Gasteiger partial charge in [-0.25, -0.2) is 0 Å². The van der Waals surface area contributed by atoms with Crippen LogP contribution in [0.25, 0.3) is 5.78 Å². The third-order valence-electron chi connectivity index (χ3n) is 2.91. The number of hydrogen-bond acceptors (Lipinski definition) is 5. The van der Waals surface area contributed by atoms with E-state index in [1.807, 2.05) is 0 Å². The van der Waals surface area contributed by atoms with Crippen molar-refractivity contribution in [3.05, 3.63) is 17.5 Å². The third-order valence-corrected chi connectivity index (χ3v) is 3.10. The molecule has 0 radical (unpaired) electrons. The number of nitrogens with one attached hydrogen (secondary N) is 1. The predicted molar refractivity (Wildman–Crippen MR) is 69.8 cm³/mol. The summed E-state index contributed by atoms with van der Waals surface area (Å²) < 4.78 is 1.61. The Labute approximate surface area is 110 Å². The standard InChI is InChI=1S/C11H16ClN5O/c1-2-8(3-4-18)6-13-10-5-9(12)16-11-14-7-15-17(10)11/h5,7-8,13,18H,2-4,6H2,1H3. The SMILES string of the molecule is CCC(CCO)CNc1cc(Cl)nc2ncnn12. The summed E-state index contributed by atoms with van der Waals surface area (Å²) in [5.41, 5.74) is 0. The number of halogens is 1. The van der Waals surface area contributed by atoms with E-state index in [2.05, 4.69) is 27.3 Å². The summed E-state index contributed by atoms with van der Waals surface area (Å²) in [4.78, 5) is 8.05. The number of aliphatic hydroxyl groups excluding tert-OH is 1. The Hall–Kier alpha value is -1.40. The molecule has 98 valence electrons. The highest BCUT2D eigenvalue weighted by Crippen LogP contribution is 2.16. The first kappa shape index (κ1) is 13.0. The number of rotatable bonds is 6. The van der Waals surface area contributed by atoms with Crippen molar-refractivity contribution < 1.29 is 5.11 Å². The summed E-state index contributed by atoms with van der Waals surface area (Å²) in [6.07, 6.45) is 3.23. The maximum absolute atomic E-state index is 8.96. The molecule has 0 saturated heterocycles. The summed E-state index contributed by atoms with van der Waals surface area (Å²) >= 11 is 5.92. The Morgan fingerprint density at radius 3 is 3.11 bits per heavy atom. The lowest BCUT2D eigenvalue weighted by molar-refractivity contribution is 0.258. The molecule has 0 aliphatic carbocycles. The van der Waals surface area contributed by atoms with Crippen molar-refractivity contribution >= 4 is 23.2 Å². The lowest BCUT2D eigenvalue weighted by atomic mass is 10.0. The molecule has 18 heavy (non-hydrogen) atoms. The normalized spacial score (nSPS) is 12.8. The van der Waals surface area contributed by atoms with Gasteiger partial charge >= 0.3 is 0 Å². The minimum Gasteiger partial charge on any atom is -0.396 e. The van der Waals surface area contributed by atoms with Crippen molar-refractivity contribution in [3.8, 4) is 0 Å². The van der Waals surface area contributed by atoms with Crippen LogP contribution in [-0.2, 0) is 0 Å². The topological polar surface area (TPSA) is 75.3 Å². The quantitative estimate of drug-likeness (QED) is 0.779. The van der Waals surface area contributed by atoms with Gasteiger partial charge in [0.1, 0.15) is 17.3 Å². The van der Waals surface area contributed by atoms with Crippen molar-refractivity contribution in [3.63, 3.8) is 0 Å². The lowest BCUT2D eigenvalue weighted by Gasteiger charge is -2.15. The van der Waals surface area contributed by atoms with Crippen LogP contribution in [0.3, 0.4) is 0 Å². The van der Waals surface area contributed by atoms with Gasteiger partial charge in [-0.1, -0.05) is 24.9 Å². The molecule has 2 heterocycles. The fourth-order valence-corrected chi connectivity index (χ4v) is 1.97. The lowest BCUT2D eigenvalue weighted by Crippen LogP contribution is -2.17. The maximum atomic E-state index is 8.96. The predicted octanol–water partition coefficient (Wildman–Crippen LogP) is 1.60. The first-order valence-corrected chi connectivity index (χ1v) is 6.33. The van der Waals surface area contributed by atoms with E-state index in [0.717, 1.165) is 25.2 Å². The fourth-order valence-electron chi connectivity index (χ4n) is 1.79. The molecule has 2 rings (SSSR count). The highest BCUT2D eigenvalue weighted by Gasteiger charge is 2.09. The zero-order valence-electron chi connectivity index (χ0n) is 10.2. The molecular weight excluding hydrogens is 254 g/mol. The molecule has 1 atom stereocenters. The Balaban J connectivity index is 2.13. The Bertz CT molecular complexity index is 515. The summed E-state index contributed by atoms with van der Waals surface area (Å²) in [6, 6.07) is 1.72. The monoisotopic (exact) mass is 269 g/mol. The molecule has 0 aliphatic rings. The molecule has 1 unspecified atom stereocenters. The number of nitrogens with zero attached hydrogens (tertiary/aromatic N) is 4. The van der Waals surface area contributed by atoms with Crippen LogP contribution >= 0.6 is 11.6 Å². The van der Waals surface area contributed by atoms with Crippen LogP contribution in [0.4, 0.5) is 5.82 Å². The van der Waals surface area contributed by atoms with E-state index in [4.69, 9.17) is 16.7 Å². The Morgan fingerprint density at radius 2 is 2.39 bits per heavy atom. The molecule has 0 spiro atoms. The molecule has 6 nitrogen and oxygen atoms in total. The number of aromatic nitrogens is 4. The second-order valence-corrected chi connectivity index (χ2v) is 4.49. The molecule has 2 N–H and O–H groups in total. The van der Waals surface area contributed by atoms with E-state index < -0.39 is 0 Å². The molecule has 0 aromatic carbocycles. The molecular formula is C11H16ClN5O. The average Bonchev–Trinajstić information content (AvgIpc) is 2.82. The van der Waals surface area contributed by atoms with Crippen LogP contribution < -0.4 is 5.32 Å². The smallest absolute Gasteiger partial charge is 0.255 e. The van der Waals surface area contributed by atoms with Crippen LogP contribution in [0.2, 0.25) is 5.15 Å². The van der Waals surface area contributed by atoms with Crippen molar-refractivity contribution in [2.75, 3.05) is 18.5 Å². The van der Waals surface area contributed by atoms with E-state index in [-0.39, 0.29) is 6.61 Å². The fraction of sp³-hybridized carbons (Fsp3) is 0.545. The summed E-state index contributed by atoms with van der Waals surface area (Å²) in [7, 11) is 0. The van der Waals surface area contributed by atoms with E-state index in [1.165, 1.54) is 6.33 Å². The van der Waals surface area contributed by atoms with Crippen molar-refractivity contribution in [2.24, 2.45) is 5.92 Å². The van der Waals surface area contributed by atoms with Gasteiger partial charge in [0.25, 0.3) is 5.78 Å². The first-order chi connectivity index (χ1) is 8.74. The van der Waals surface area contributed by atoms with Crippen molar-refractivity contribution in [2.45, 2.75) is 19.8 Å². The highest BCUT2D eigenvalue weighted by molar-refractivity contribution is 6.29. The largest absolute Gasteiger partial charge is 0.396 e. The molecule has 2 aromatic heterocycles. The van der Waals surface area contributed by atoms with Gasteiger partial charge in [-0.3, -0.25) is 0 Å². The number of aliphatic hydroxyl groups is 1. The van der Waals surface area contributed by atoms with Gasteiger partial charge in [0.05, 0.1) is 0 Å². The van der Waals surface area contributed by atoms with Gasteiger partial charge in [-0.15, -0.1) is 0 Å². The second-order valence-electron chi connectivity index (χ2n) is 4.10. The number of fused-ring (bicyclic) bond motifs is 1. The van der Waals surface area contributed by atoms with Gasteiger partial charge in [0, 0.05) is 19.2 Å². The molecule has 0 bridgehead atoms. The second kappa shape index (κ2) is 5.97. The van der Waals surface area contributed by atoms with Gasteiger partial charge in [0.15, 0.2) is 0 Å². The highest BCUT2D eigenvalue weighted by atomic mass is 35.5. The Morgan fingerprint density at radius 1 is 1.56 bits per heavy atom. The van der Waals surface area contributed by atoms with Gasteiger partial charge in [-0.2, -0.15) is 19.6 Å². The minimum atomic E-state index is 0.204. The van der Waals surface area contributed by atoms with Gasteiger partial charge in [0.2, 0.25) is 0 Å². The van der Waals surface area contributed by atoms with Crippen LogP contribution in [0.1, 0.15) is 19.8 Å². The van der Waals surface area contributed by atoms with Crippen molar-refractivity contribution in [1.29, 1.82) is 0 Å². The summed E-state index contributed by atoms with van der Waals surface area (Å²) in [6.45, 7) is 3.06.